The van der Waals surface area contributed by atoms with Gasteiger partial charge in [0.25, 0.3) is 0 Å². The van der Waals surface area contributed by atoms with Crippen LogP contribution < -0.4 is 0 Å². The molecule has 6 nitrogen and oxygen atoms in total. The number of hydrogen-bond donors (Lipinski definition) is 2. The summed E-state index contributed by atoms with van der Waals surface area (Å²) in [6.45, 7) is 2.07. The molecule has 0 atom stereocenters. The highest BCUT2D eigenvalue weighted by atomic mass is 16.5. The molecule has 0 aliphatic rings. The van der Waals surface area contributed by atoms with Crippen LogP contribution in [-0.4, -0.2) is 54.0 Å². The summed E-state index contributed by atoms with van der Waals surface area (Å²) in [5, 5.41) is 26.2. The van der Waals surface area contributed by atoms with E-state index in [1.165, 1.54) is 11.1 Å². The summed E-state index contributed by atoms with van der Waals surface area (Å²) in [6.07, 6.45) is 1.28. The van der Waals surface area contributed by atoms with E-state index in [9.17, 15) is 4.79 Å². The normalized spacial score (nSPS) is 10.8. The number of ether oxygens (including phenoxy) is 1. The summed E-state index contributed by atoms with van der Waals surface area (Å²) in [7, 11) is 0. The molecule has 90 valence electrons. The summed E-state index contributed by atoms with van der Waals surface area (Å²) < 4.78 is 4.67. The molecule has 16 heavy (non-hydrogen) atoms. The number of carbonyl (C=O) groups is 1. The van der Waals surface area contributed by atoms with Gasteiger partial charge in [-0.05, 0) is 6.92 Å². The lowest BCUT2D eigenvalue weighted by Gasteiger charge is -2.17. The first-order valence-electron chi connectivity index (χ1n) is 4.94. The number of rotatable bonds is 7. The molecule has 0 bridgehead atoms. The molecule has 0 fully saturated rings. The standard InChI is InChI=1S/C10H16N2O4/c1-2-16-10(15)9(7-11)8-12(3-5-13)4-6-14/h8,13-14H,2-6H2,1H3/b9-8-. The number of hydrogen-bond acceptors (Lipinski definition) is 6. The van der Waals surface area contributed by atoms with Crippen LogP contribution in [0.3, 0.4) is 0 Å². The number of aliphatic hydroxyl groups is 2. The maximum Gasteiger partial charge on any atom is 0.350 e. The molecule has 0 rings (SSSR count). The molecular formula is C10H16N2O4. The third kappa shape index (κ3) is 5.34. The molecule has 0 heterocycles. The Morgan fingerprint density at radius 2 is 2.00 bits per heavy atom. The van der Waals surface area contributed by atoms with Crippen LogP contribution in [-0.2, 0) is 9.53 Å². The summed E-state index contributed by atoms with van der Waals surface area (Å²) in [6, 6.07) is 1.72. The fourth-order valence-corrected chi connectivity index (χ4v) is 1.02. The Morgan fingerprint density at radius 3 is 2.38 bits per heavy atom. The molecule has 0 aromatic heterocycles. The van der Waals surface area contributed by atoms with Crippen molar-refractivity contribution in [3.05, 3.63) is 11.8 Å². The predicted octanol–water partition coefficient (Wildman–Crippen LogP) is -0.756. The number of nitriles is 1. The lowest BCUT2D eigenvalue weighted by atomic mass is 10.3. The average molecular weight is 228 g/mol. The molecule has 0 saturated heterocycles. The molecule has 0 spiro atoms. The SMILES string of the molecule is CCOC(=O)/C(C#N)=C\N(CCO)CCO. The first kappa shape index (κ1) is 14.4. The van der Waals surface area contributed by atoms with Crippen LogP contribution in [0.5, 0.6) is 0 Å². The van der Waals surface area contributed by atoms with E-state index in [1.54, 1.807) is 13.0 Å². The average Bonchev–Trinajstić information content (AvgIpc) is 2.26. The van der Waals surface area contributed by atoms with Gasteiger partial charge in [0.15, 0.2) is 5.57 Å². The third-order valence-corrected chi connectivity index (χ3v) is 1.70. The van der Waals surface area contributed by atoms with E-state index in [1.807, 2.05) is 0 Å². The molecule has 6 heteroatoms. The molecule has 0 aliphatic heterocycles. The molecule has 0 saturated carbocycles. The second kappa shape index (κ2) is 8.71. The van der Waals surface area contributed by atoms with Crippen LogP contribution in [0.15, 0.2) is 11.8 Å². The van der Waals surface area contributed by atoms with E-state index in [0.717, 1.165) is 0 Å². The van der Waals surface area contributed by atoms with Gasteiger partial charge in [0, 0.05) is 19.3 Å². The van der Waals surface area contributed by atoms with Gasteiger partial charge in [0.2, 0.25) is 0 Å². The van der Waals surface area contributed by atoms with E-state index in [4.69, 9.17) is 15.5 Å². The summed E-state index contributed by atoms with van der Waals surface area (Å²) in [4.78, 5) is 12.7. The third-order valence-electron chi connectivity index (χ3n) is 1.70. The van der Waals surface area contributed by atoms with Crippen LogP contribution in [0.2, 0.25) is 0 Å². The van der Waals surface area contributed by atoms with Crippen LogP contribution in [0.25, 0.3) is 0 Å². The van der Waals surface area contributed by atoms with Gasteiger partial charge in [0.1, 0.15) is 6.07 Å². The highest BCUT2D eigenvalue weighted by Crippen LogP contribution is 2.00. The second-order valence-corrected chi connectivity index (χ2v) is 2.86. The first-order chi connectivity index (χ1) is 7.69. The van der Waals surface area contributed by atoms with Crippen molar-refractivity contribution in [1.82, 2.24) is 4.90 Å². The van der Waals surface area contributed by atoms with Crippen molar-refractivity contribution >= 4 is 5.97 Å². The van der Waals surface area contributed by atoms with E-state index >= 15 is 0 Å². The minimum absolute atomic E-state index is 0.127. The Hall–Kier alpha value is -1.58. The van der Waals surface area contributed by atoms with Gasteiger partial charge in [-0.2, -0.15) is 5.26 Å². The molecule has 0 amide bonds. The van der Waals surface area contributed by atoms with Crippen molar-refractivity contribution in [2.45, 2.75) is 6.92 Å². The number of carbonyl (C=O) groups excluding carboxylic acids is 1. The van der Waals surface area contributed by atoms with Gasteiger partial charge in [-0.3, -0.25) is 0 Å². The maximum atomic E-state index is 11.3. The zero-order valence-electron chi connectivity index (χ0n) is 9.22. The molecule has 0 aromatic carbocycles. The van der Waals surface area contributed by atoms with E-state index < -0.39 is 5.97 Å². The molecule has 2 N–H and O–H groups in total. The van der Waals surface area contributed by atoms with Crippen molar-refractivity contribution in [3.8, 4) is 6.07 Å². The lowest BCUT2D eigenvalue weighted by molar-refractivity contribution is -0.138. The second-order valence-electron chi connectivity index (χ2n) is 2.86. The van der Waals surface area contributed by atoms with Crippen molar-refractivity contribution in [1.29, 1.82) is 5.26 Å². The van der Waals surface area contributed by atoms with Gasteiger partial charge in [0.05, 0.1) is 19.8 Å². The van der Waals surface area contributed by atoms with Crippen molar-refractivity contribution in [3.63, 3.8) is 0 Å². The summed E-state index contributed by atoms with van der Waals surface area (Å²) >= 11 is 0. The largest absolute Gasteiger partial charge is 0.462 e. The van der Waals surface area contributed by atoms with Gasteiger partial charge < -0.3 is 19.8 Å². The minimum atomic E-state index is -0.703. The van der Waals surface area contributed by atoms with Crippen LogP contribution in [0, 0.1) is 11.3 Å². The maximum absolute atomic E-state index is 11.3. The Kier molecular flexibility index (Phi) is 7.85. The quantitative estimate of drug-likeness (QED) is 0.338. The van der Waals surface area contributed by atoms with Crippen LogP contribution in [0.4, 0.5) is 0 Å². The number of aliphatic hydroxyl groups excluding tert-OH is 2. The first-order valence-corrected chi connectivity index (χ1v) is 4.94. The van der Waals surface area contributed by atoms with Gasteiger partial charge in [-0.25, -0.2) is 4.79 Å². The molecule has 0 aliphatic carbocycles. The number of nitrogens with zero attached hydrogens (tertiary/aromatic N) is 2. The molecule has 0 radical (unpaired) electrons. The highest BCUT2D eigenvalue weighted by molar-refractivity contribution is 5.92. The fourth-order valence-electron chi connectivity index (χ4n) is 1.02. The zero-order chi connectivity index (χ0) is 12.4. The smallest absolute Gasteiger partial charge is 0.350 e. The van der Waals surface area contributed by atoms with Gasteiger partial charge in [-0.1, -0.05) is 0 Å². The zero-order valence-corrected chi connectivity index (χ0v) is 9.22. The van der Waals surface area contributed by atoms with Crippen molar-refractivity contribution in [2.24, 2.45) is 0 Å². The van der Waals surface area contributed by atoms with E-state index in [-0.39, 0.29) is 38.5 Å². The Balaban J connectivity index is 4.62. The summed E-state index contributed by atoms with van der Waals surface area (Å²) in [5.41, 5.74) is -0.149. The fraction of sp³-hybridized carbons (Fsp3) is 0.600. The monoisotopic (exact) mass is 228 g/mol. The predicted molar refractivity (Wildman–Crippen MR) is 56.1 cm³/mol. The Morgan fingerprint density at radius 1 is 1.44 bits per heavy atom. The van der Waals surface area contributed by atoms with E-state index in [2.05, 4.69) is 4.74 Å². The van der Waals surface area contributed by atoms with Crippen LogP contribution in [0.1, 0.15) is 6.92 Å². The Labute approximate surface area is 94.4 Å². The van der Waals surface area contributed by atoms with E-state index in [0.29, 0.717) is 0 Å². The summed E-state index contributed by atoms with van der Waals surface area (Å²) in [5.74, 6) is -0.703. The van der Waals surface area contributed by atoms with Crippen molar-refractivity contribution in [2.75, 3.05) is 32.9 Å². The lowest BCUT2D eigenvalue weighted by Crippen LogP contribution is -2.26. The Bertz CT molecular complexity index is 277. The molecular weight excluding hydrogens is 212 g/mol. The van der Waals surface area contributed by atoms with Crippen molar-refractivity contribution < 1.29 is 19.7 Å². The van der Waals surface area contributed by atoms with Gasteiger partial charge >= 0.3 is 5.97 Å². The highest BCUT2D eigenvalue weighted by Gasteiger charge is 2.11. The molecule has 0 unspecified atom stereocenters. The molecule has 0 aromatic rings. The van der Waals surface area contributed by atoms with Gasteiger partial charge in [-0.15, -0.1) is 0 Å². The number of esters is 1. The minimum Gasteiger partial charge on any atom is -0.462 e. The topological polar surface area (TPSA) is 93.8 Å². The van der Waals surface area contributed by atoms with Crippen LogP contribution >= 0.6 is 0 Å².